The molecule has 2 bridgehead atoms. The number of fused-ring (bicyclic) bond motifs is 4. The smallest absolute Gasteiger partial charge is 0.263 e. The number of rotatable bonds is 0. The molecule has 1 amide bonds. The Hall–Kier alpha value is -2.31. The predicted molar refractivity (Wildman–Crippen MR) is 164 cm³/mol. The van der Waals surface area contributed by atoms with Crippen LogP contribution >= 0.6 is 11.6 Å². The third-order valence-corrected chi connectivity index (χ3v) is 11.6. The molecule has 40 heavy (non-hydrogen) atoms. The van der Waals surface area contributed by atoms with E-state index in [9.17, 15) is 9.00 Å². The minimum atomic E-state index is -1.45. The first-order chi connectivity index (χ1) is 19.1. The highest BCUT2D eigenvalue weighted by Crippen LogP contribution is 2.50. The van der Waals surface area contributed by atoms with Gasteiger partial charge in [0.1, 0.15) is 16.7 Å². The number of hydrogen-bond donors (Lipinski definition) is 1. The van der Waals surface area contributed by atoms with Gasteiger partial charge in [-0.15, -0.1) is 0 Å². The van der Waals surface area contributed by atoms with E-state index in [1.54, 1.807) is 0 Å². The second-order valence-electron chi connectivity index (χ2n) is 13.1. The number of allylic oxidation sites excluding steroid dienone is 2. The summed E-state index contributed by atoms with van der Waals surface area (Å²) in [5.41, 5.74) is 4.11. The van der Waals surface area contributed by atoms with Gasteiger partial charge in [-0.25, -0.2) is 4.21 Å². The number of hydrogen-bond acceptors (Lipinski definition) is 4. The molecule has 5 atom stereocenters. The van der Waals surface area contributed by atoms with Gasteiger partial charge in [-0.05, 0) is 111 Å². The molecule has 2 aromatic rings. The Morgan fingerprint density at radius 1 is 1.12 bits per heavy atom. The Labute approximate surface area is 246 Å². The summed E-state index contributed by atoms with van der Waals surface area (Å²) in [7, 11) is -1.45. The molecule has 6 rings (SSSR count). The molecule has 1 saturated carbocycles. The van der Waals surface area contributed by atoms with Crippen LogP contribution in [0.3, 0.4) is 0 Å². The van der Waals surface area contributed by atoms with Crippen LogP contribution in [0.15, 0.2) is 48.6 Å². The zero-order chi connectivity index (χ0) is 28.1. The highest BCUT2D eigenvalue weighted by molar-refractivity contribution is 7.84. The van der Waals surface area contributed by atoms with Crippen LogP contribution in [0.1, 0.15) is 80.8 Å². The third-order valence-electron chi connectivity index (χ3n) is 9.97. The van der Waals surface area contributed by atoms with Gasteiger partial charge < -0.3 is 9.64 Å². The van der Waals surface area contributed by atoms with Crippen LogP contribution in [0.2, 0.25) is 5.02 Å². The lowest BCUT2D eigenvalue weighted by Gasteiger charge is -2.49. The number of amides is 1. The summed E-state index contributed by atoms with van der Waals surface area (Å²) in [5, 5.41) is 0.662. The number of nitrogens with zero attached hydrogens (tertiary/aromatic N) is 1. The first kappa shape index (κ1) is 27.8. The van der Waals surface area contributed by atoms with Crippen molar-refractivity contribution in [3.63, 3.8) is 0 Å². The maximum Gasteiger partial charge on any atom is 0.263 e. The number of anilines is 1. The Morgan fingerprint density at radius 2 is 1.98 bits per heavy atom. The highest BCUT2D eigenvalue weighted by Gasteiger charge is 2.45. The van der Waals surface area contributed by atoms with E-state index in [2.05, 4.69) is 47.8 Å². The molecular weight excluding hydrogens is 540 g/mol. The Kier molecular flexibility index (Phi) is 7.54. The molecule has 0 aromatic heterocycles. The minimum absolute atomic E-state index is 0.0928. The number of aryl methyl sites for hydroxylation is 1. The summed E-state index contributed by atoms with van der Waals surface area (Å²) in [6, 6.07) is 12.1. The molecule has 0 saturated heterocycles. The lowest BCUT2D eigenvalue weighted by atomic mass is 9.60. The van der Waals surface area contributed by atoms with E-state index < -0.39 is 11.0 Å². The summed E-state index contributed by atoms with van der Waals surface area (Å²) in [4.78, 5) is 15.8. The first-order valence-corrected chi connectivity index (χ1v) is 16.4. The fourth-order valence-corrected chi connectivity index (χ4v) is 8.55. The molecule has 4 aliphatic rings. The maximum absolute atomic E-state index is 13.3. The predicted octanol–water partition coefficient (Wildman–Crippen LogP) is 7.00. The number of carbonyl (C=O) groups is 1. The van der Waals surface area contributed by atoms with Gasteiger partial charge in [0.25, 0.3) is 5.91 Å². The Bertz CT molecular complexity index is 1360. The maximum atomic E-state index is 13.3. The molecule has 3 unspecified atom stereocenters. The van der Waals surface area contributed by atoms with E-state index in [-0.39, 0.29) is 22.0 Å². The van der Waals surface area contributed by atoms with E-state index >= 15 is 0 Å². The van der Waals surface area contributed by atoms with Gasteiger partial charge in [-0.3, -0.25) is 9.52 Å². The molecule has 1 fully saturated rings. The van der Waals surface area contributed by atoms with Crippen molar-refractivity contribution in [3.05, 3.63) is 70.3 Å². The van der Waals surface area contributed by atoms with Crippen molar-refractivity contribution in [3.8, 4) is 5.75 Å². The fraction of sp³-hybridized carbons (Fsp3) is 0.545. The van der Waals surface area contributed by atoms with Crippen molar-refractivity contribution >= 4 is 34.2 Å². The molecule has 2 aliphatic carbocycles. The van der Waals surface area contributed by atoms with Gasteiger partial charge in [0, 0.05) is 29.1 Å². The standard InChI is InChI=1S/C33H41ClN2O3S/c1-22-7-4-5-15-32(2,3)27-12-9-25(27)19-36-20-33(16-6-8-23-17-26(34)11-13-28(23)33)21-39-30-14-10-24(18-29(30)36)31(37)35-40(22)38/h5,10-11,13-15,17-18,22,25,27H,4,6-9,12,16,19-21H2,1-3H3,(H,35,37)/b15-5+/t22-,25?,27?,33-,40?/m0/s1. The monoisotopic (exact) mass is 580 g/mol. The van der Waals surface area contributed by atoms with Gasteiger partial charge in [0.2, 0.25) is 0 Å². The summed E-state index contributed by atoms with van der Waals surface area (Å²) in [6.45, 7) is 9.04. The van der Waals surface area contributed by atoms with Crippen LogP contribution in [-0.2, 0) is 22.8 Å². The summed E-state index contributed by atoms with van der Waals surface area (Å²) < 4.78 is 22.3. The van der Waals surface area contributed by atoms with Gasteiger partial charge >= 0.3 is 0 Å². The molecule has 1 spiro atoms. The average molecular weight is 581 g/mol. The van der Waals surface area contributed by atoms with E-state index in [0.29, 0.717) is 24.0 Å². The van der Waals surface area contributed by atoms with Crippen molar-refractivity contribution in [2.45, 2.75) is 76.4 Å². The Morgan fingerprint density at radius 3 is 2.77 bits per heavy atom. The van der Waals surface area contributed by atoms with Crippen molar-refractivity contribution in [1.82, 2.24) is 4.72 Å². The van der Waals surface area contributed by atoms with E-state index in [1.807, 2.05) is 31.2 Å². The van der Waals surface area contributed by atoms with E-state index in [4.69, 9.17) is 16.3 Å². The van der Waals surface area contributed by atoms with E-state index in [1.165, 1.54) is 24.0 Å². The minimum Gasteiger partial charge on any atom is -0.490 e. The topological polar surface area (TPSA) is 58.6 Å². The molecule has 5 nitrogen and oxygen atoms in total. The van der Waals surface area contributed by atoms with Gasteiger partial charge in [0.05, 0.1) is 17.5 Å². The van der Waals surface area contributed by atoms with Crippen LogP contribution in [0, 0.1) is 17.3 Å². The summed E-state index contributed by atoms with van der Waals surface area (Å²) in [6.07, 6.45) is 11.9. The molecule has 214 valence electrons. The lowest BCUT2D eigenvalue weighted by Crippen LogP contribution is -2.49. The average Bonchev–Trinajstić information content (AvgIpc) is 3.05. The first-order valence-electron chi connectivity index (χ1n) is 14.9. The van der Waals surface area contributed by atoms with Crippen LogP contribution < -0.4 is 14.4 Å². The number of ether oxygens (including phenoxy) is 1. The van der Waals surface area contributed by atoms with E-state index in [0.717, 1.165) is 61.7 Å². The van der Waals surface area contributed by atoms with Crippen LogP contribution in [0.4, 0.5) is 5.69 Å². The highest BCUT2D eigenvalue weighted by atomic mass is 35.5. The van der Waals surface area contributed by atoms with Crippen LogP contribution in [-0.4, -0.2) is 35.1 Å². The van der Waals surface area contributed by atoms with Gasteiger partial charge in [-0.2, -0.15) is 0 Å². The second-order valence-corrected chi connectivity index (χ2v) is 15.1. The SMILES string of the molecule is C[C@H]1CC/C=C/C(C)(C)C2CCC2CN2C[C@@]3(CCCc4cc(Cl)ccc43)COc3ccc(cc32)C(=O)NS1=O. The molecule has 2 aromatic carbocycles. The fourth-order valence-electron chi connectivity index (χ4n) is 7.50. The van der Waals surface area contributed by atoms with Crippen molar-refractivity contribution in [2.24, 2.45) is 17.3 Å². The second kappa shape index (κ2) is 10.8. The normalized spacial score (nSPS) is 32.5. The van der Waals surface area contributed by atoms with Gasteiger partial charge in [-0.1, -0.05) is 43.7 Å². The lowest BCUT2D eigenvalue weighted by molar-refractivity contribution is 0.0790. The summed E-state index contributed by atoms with van der Waals surface area (Å²) in [5.74, 6) is 1.68. The zero-order valence-corrected chi connectivity index (χ0v) is 25.5. The van der Waals surface area contributed by atoms with Gasteiger partial charge in [0.15, 0.2) is 0 Å². The zero-order valence-electron chi connectivity index (χ0n) is 23.9. The third kappa shape index (κ3) is 5.22. The molecule has 0 radical (unpaired) electrons. The van der Waals surface area contributed by atoms with Crippen LogP contribution in [0.25, 0.3) is 0 Å². The quantitative estimate of drug-likeness (QED) is 0.341. The van der Waals surface area contributed by atoms with Crippen molar-refractivity contribution < 1.29 is 13.7 Å². The number of benzene rings is 2. The molecular formula is C33H41ClN2O3S. The summed E-state index contributed by atoms with van der Waals surface area (Å²) >= 11 is 6.42. The molecule has 2 aliphatic heterocycles. The molecule has 1 N–H and O–H groups in total. The number of halogens is 1. The Balaban J connectivity index is 1.42. The molecule has 7 heteroatoms. The van der Waals surface area contributed by atoms with Crippen molar-refractivity contribution in [1.29, 1.82) is 0 Å². The van der Waals surface area contributed by atoms with Crippen LogP contribution in [0.5, 0.6) is 5.75 Å². The van der Waals surface area contributed by atoms with Crippen molar-refractivity contribution in [2.75, 3.05) is 24.6 Å². The largest absolute Gasteiger partial charge is 0.490 e. The number of carbonyl (C=O) groups excluding carboxylic acids is 1. The number of nitrogens with one attached hydrogen (secondary N) is 1. The molecule has 2 heterocycles.